The molecule has 2 aliphatic heterocycles. The molecule has 0 aliphatic carbocycles. The van der Waals surface area contributed by atoms with Crippen LogP contribution in [0.25, 0.3) is 0 Å². The third kappa shape index (κ3) is 5.33. The van der Waals surface area contributed by atoms with Crippen LogP contribution in [0.5, 0.6) is 0 Å². The van der Waals surface area contributed by atoms with Crippen molar-refractivity contribution in [1.29, 1.82) is 0 Å². The summed E-state index contributed by atoms with van der Waals surface area (Å²) < 4.78 is 2.05. The Morgan fingerprint density at radius 3 is 2.80 bits per heavy atom. The maximum atomic E-state index is 4.67. The van der Waals surface area contributed by atoms with E-state index in [0.717, 1.165) is 56.6 Å². The summed E-state index contributed by atoms with van der Waals surface area (Å²) in [7, 11) is 1.82. The molecule has 0 fully saturated rings. The first kappa shape index (κ1) is 22.6. The molecule has 7 nitrogen and oxygen atoms in total. The van der Waals surface area contributed by atoms with Crippen LogP contribution in [-0.2, 0) is 19.5 Å². The highest BCUT2D eigenvalue weighted by Crippen LogP contribution is 2.19. The number of nitrogens with zero attached hydrogens (tertiary/aromatic N) is 5. The first-order chi connectivity index (χ1) is 14.1. The molecule has 1 aromatic carbocycles. The number of aromatic nitrogens is 3. The number of halogens is 1. The average molecular weight is 521 g/mol. The summed E-state index contributed by atoms with van der Waals surface area (Å²) in [4.78, 5) is 11.4. The van der Waals surface area contributed by atoms with E-state index in [0.29, 0.717) is 12.0 Å². The zero-order valence-electron chi connectivity index (χ0n) is 18.0. The van der Waals surface area contributed by atoms with Crippen LogP contribution in [0.4, 0.5) is 5.69 Å². The zero-order chi connectivity index (χ0) is 20.2. The zero-order valence-corrected chi connectivity index (χ0v) is 20.3. The van der Waals surface area contributed by atoms with E-state index in [1.807, 2.05) is 7.05 Å². The minimum atomic E-state index is 0. The lowest BCUT2D eigenvalue weighted by molar-refractivity contribution is 0.391. The number of aliphatic imine (C=N–C) groups is 1. The molecule has 2 aromatic rings. The molecule has 30 heavy (non-hydrogen) atoms. The van der Waals surface area contributed by atoms with Crippen molar-refractivity contribution in [3.63, 3.8) is 0 Å². The Bertz CT molecular complexity index is 895. The Morgan fingerprint density at radius 1 is 1.27 bits per heavy atom. The van der Waals surface area contributed by atoms with Crippen LogP contribution in [0.2, 0.25) is 0 Å². The van der Waals surface area contributed by atoms with E-state index >= 15 is 0 Å². The molecule has 0 amide bonds. The highest BCUT2D eigenvalue weighted by atomic mass is 127. The van der Waals surface area contributed by atoms with Crippen LogP contribution in [0.1, 0.15) is 43.4 Å². The minimum absolute atomic E-state index is 0. The molecular formula is C22H32IN7. The Kier molecular flexibility index (Phi) is 7.74. The topological polar surface area (TPSA) is 70.4 Å². The second-order valence-corrected chi connectivity index (χ2v) is 8.08. The van der Waals surface area contributed by atoms with E-state index in [4.69, 9.17) is 0 Å². The maximum absolute atomic E-state index is 4.67. The van der Waals surface area contributed by atoms with Crippen LogP contribution in [-0.4, -0.2) is 46.9 Å². The predicted molar refractivity (Wildman–Crippen MR) is 133 cm³/mol. The van der Waals surface area contributed by atoms with Gasteiger partial charge in [-0.25, -0.2) is 9.67 Å². The fourth-order valence-corrected chi connectivity index (χ4v) is 3.82. The number of hydrogen-bond donors (Lipinski definition) is 2. The number of rotatable bonds is 5. The van der Waals surface area contributed by atoms with E-state index in [1.165, 1.54) is 11.3 Å². The van der Waals surface area contributed by atoms with Gasteiger partial charge < -0.3 is 15.5 Å². The van der Waals surface area contributed by atoms with Crippen molar-refractivity contribution in [2.45, 2.75) is 51.7 Å². The Morgan fingerprint density at radius 2 is 2.07 bits per heavy atom. The van der Waals surface area contributed by atoms with Crippen LogP contribution in [0.3, 0.4) is 0 Å². The summed E-state index contributed by atoms with van der Waals surface area (Å²) in [5.74, 6) is 3.23. The quantitative estimate of drug-likeness (QED) is 0.274. The third-order valence-electron chi connectivity index (χ3n) is 5.51. The monoisotopic (exact) mass is 521 g/mol. The fraction of sp³-hybridized carbons (Fsp3) is 0.500. The Hall–Kier alpha value is -2.10. The number of hydrogen-bond acceptors (Lipinski definition) is 4. The van der Waals surface area contributed by atoms with Gasteiger partial charge in [0.25, 0.3) is 0 Å². The molecule has 1 atom stereocenters. The van der Waals surface area contributed by atoms with E-state index in [-0.39, 0.29) is 24.0 Å². The van der Waals surface area contributed by atoms with Gasteiger partial charge in [0.2, 0.25) is 0 Å². The molecule has 0 bridgehead atoms. The molecule has 3 heterocycles. The largest absolute Gasteiger partial charge is 0.364 e. The van der Waals surface area contributed by atoms with Crippen molar-refractivity contribution in [2.75, 3.05) is 25.0 Å². The van der Waals surface area contributed by atoms with Crippen molar-refractivity contribution >= 4 is 35.6 Å². The fourth-order valence-electron chi connectivity index (χ4n) is 3.82. The van der Waals surface area contributed by atoms with E-state index in [2.05, 4.69) is 85.6 Å². The van der Waals surface area contributed by atoms with Gasteiger partial charge in [-0.2, -0.15) is 5.10 Å². The number of fused-ring (bicyclic) bond motifs is 1. The maximum Gasteiger partial charge on any atom is 0.191 e. The van der Waals surface area contributed by atoms with Crippen LogP contribution in [0, 0.1) is 0 Å². The van der Waals surface area contributed by atoms with Gasteiger partial charge in [0, 0.05) is 50.7 Å². The third-order valence-corrected chi connectivity index (χ3v) is 5.51. The van der Waals surface area contributed by atoms with Crippen LogP contribution < -0.4 is 15.5 Å². The van der Waals surface area contributed by atoms with Crippen molar-refractivity contribution in [2.24, 2.45) is 4.99 Å². The van der Waals surface area contributed by atoms with Gasteiger partial charge in [-0.3, -0.25) is 4.99 Å². The molecule has 4 rings (SSSR count). The van der Waals surface area contributed by atoms with Crippen LogP contribution >= 0.6 is 24.0 Å². The lowest BCUT2D eigenvalue weighted by atomic mass is 10.1. The summed E-state index contributed by atoms with van der Waals surface area (Å²) in [5.41, 5.74) is 2.52. The van der Waals surface area contributed by atoms with Gasteiger partial charge in [-0.15, -0.1) is 24.0 Å². The van der Waals surface area contributed by atoms with Crippen LogP contribution in [0.15, 0.2) is 41.4 Å². The highest BCUT2D eigenvalue weighted by molar-refractivity contribution is 14.0. The predicted octanol–water partition coefficient (Wildman–Crippen LogP) is 3.08. The number of benzene rings is 1. The normalized spacial score (nSPS) is 18.3. The molecule has 2 aliphatic rings. The molecular weight excluding hydrogens is 489 g/mol. The molecule has 1 unspecified atom stereocenters. The summed E-state index contributed by atoms with van der Waals surface area (Å²) in [6.45, 7) is 7.83. The molecule has 0 saturated heterocycles. The van der Waals surface area contributed by atoms with E-state index in [1.54, 1.807) is 0 Å². The van der Waals surface area contributed by atoms with Gasteiger partial charge in [0.1, 0.15) is 5.82 Å². The van der Waals surface area contributed by atoms with Gasteiger partial charge >= 0.3 is 0 Å². The molecule has 0 spiro atoms. The summed E-state index contributed by atoms with van der Waals surface area (Å²) >= 11 is 0. The average Bonchev–Trinajstić information content (AvgIpc) is 3.41. The van der Waals surface area contributed by atoms with E-state index in [9.17, 15) is 0 Å². The second-order valence-electron chi connectivity index (χ2n) is 8.08. The van der Waals surface area contributed by atoms with Gasteiger partial charge in [0.05, 0.1) is 6.54 Å². The lowest BCUT2D eigenvalue weighted by Crippen LogP contribution is -2.46. The smallest absolute Gasteiger partial charge is 0.191 e. The molecule has 0 radical (unpaired) electrons. The SMILES string of the molecule is CN=C(NCc1cccc(N2CC=CC2)c1)NC1CCc2nc(C(C)C)nn2C1.I. The van der Waals surface area contributed by atoms with Gasteiger partial charge in [0.15, 0.2) is 11.8 Å². The molecule has 8 heteroatoms. The number of aryl methyl sites for hydroxylation is 1. The van der Waals surface area contributed by atoms with Crippen molar-refractivity contribution in [3.8, 4) is 0 Å². The number of guanidine groups is 1. The van der Waals surface area contributed by atoms with E-state index < -0.39 is 0 Å². The number of anilines is 1. The Balaban J connectivity index is 0.00000256. The van der Waals surface area contributed by atoms with Crippen molar-refractivity contribution in [1.82, 2.24) is 25.4 Å². The summed E-state index contributed by atoms with van der Waals surface area (Å²) in [6, 6.07) is 9.01. The molecule has 1 aromatic heterocycles. The second kappa shape index (κ2) is 10.3. The number of nitrogens with one attached hydrogen (secondary N) is 2. The summed E-state index contributed by atoms with van der Waals surface area (Å²) in [6.07, 6.45) is 6.41. The van der Waals surface area contributed by atoms with Crippen molar-refractivity contribution in [3.05, 3.63) is 53.6 Å². The first-order valence-electron chi connectivity index (χ1n) is 10.5. The van der Waals surface area contributed by atoms with Gasteiger partial charge in [-0.1, -0.05) is 38.1 Å². The standard InChI is InChI=1S/C22H31N7.HI/c1-16(2)21-26-20-10-9-18(15-29(20)27-21)25-22(23-3)24-14-17-7-6-8-19(13-17)28-11-4-5-12-28;/h4-8,13,16,18H,9-12,14-15H2,1-3H3,(H2,23,24,25);1H. The first-order valence-corrected chi connectivity index (χ1v) is 10.5. The highest BCUT2D eigenvalue weighted by Gasteiger charge is 2.23. The molecule has 162 valence electrons. The Labute approximate surface area is 196 Å². The molecule has 0 saturated carbocycles. The lowest BCUT2D eigenvalue weighted by Gasteiger charge is -2.25. The minimum Gasteiger partial charge on any atom is -0.364 e. The van der Waals surface area contributed by atoms with Crippen molar-refractivity contribution < 1.29 is 0 Å². The molecule has 2 N–H and O–H groups in total. The van der Waals surface area contributed by atoms with Gasteiger partial charge in [-0.05, 0) is 24.1 Å². The summed E-state index contributed by atoms with van der Waals surface area (Å²) in [5, 5.41) is 11.7.